The van der Waals surface area contributed by atoms with Gasteiger partial charge in [-0.05, 0) is 12.1 Å². The van der Waals surface area contributed by atoms with Crippen LogP contribution in [0.3, 0.4) is 0 Å². The van der Waals surface area contributed by atoms with Crippen LogP contribution in [-0.4, -0.2) is 24.5 Å². The molecule has 0 spiro atoms. The second kappa shape index (κ2) is 4.76. The summed E-state index contributed by atoms with van der Waals surface area (Å²) in [5.41, 5.74) is 1.20. The average molecular weight is 261 g/mol. The lowest BCUT2D eigenvalue weighted by Gasteiger charge is -2.05. The Hall–Kier alpha value is -2.20. The van der Waals surface area contributed by atoms with E-state index in [1.54, 1.807) is 4.83 Å². The highest BCUT2D eigenvalue weighted by atomic mass is 32.2. The van der Waals surface area contributed by atoms with Crippen molar-refractivity contribution in [1.29, 1.82) is 0 Å². The summed E-state index contributed by atoms with van der Waals surface area (Å²) in [5, 5.41) is 18.5. The van der Waals surface area contributed by atoms with Crippen molar-refractivity contribution in [1.82, 2.24) is 10.3 Å². The molecule has 9 nitrogen and oxygen atoms in total. The molecular weight excluding hydrogens is 254 g/mol. The van der Waals surface area contributed by atoms with Crippen molar-refractivity contribution in [2.75, 3.05) is 0 Å². The van der Waals surface area contributed by atoms with Gasteiger partial charge in [0.25, 0.3) is 15.7 Å². The van der Waals surface area contributed by atoms with Crippen LogP contribution < -0.4 is 10.3 Å². The van der Waals surface area contributed by atoms with Gasteiger partial charge in [-0.15, -0.1) is 4.83 Å². The number of nitrogens with one attached hydrogen (secondary N) is 2. The molecule has 92 valence electrons. The number of hydrogen-bond acceptors (Lipinski definition) is 5. The molecule has 0 aliphatic carbocycles. The van der Waals surface area contributed by atoms with Crippen molar-refractivity contribution in [2.45, 2.75) is 4.90 Å². The number of carbonyl (C=O) groups is 1. The monoisotopic (exact) mass is 261 g/mol. The summed E-state index contributed by atoms with van der Waals surface area (Å²) in [5.74, 6) is 0. The number of amides is 1. The Morgan fingerprint density at radius 1 is 1.29 bits per heavy atom. The Bertz CT molecular complexity index is 537. The maximum absolute atomic E-state index is 11.4. The van der Waals surface area contributed by atoms with Gasteiger partial charge < -0.3 is 5.11 Å². The zero-order chi connectivity index (χ0) is 13.1. The molecule has 1 amide bonds. The SMILES string of the molecule is O=C(O)NNS(=O)(=O)c1ccc([N+](=O)[O-])cc1. The van der Waals surface area contributed by atoms with Gasteiger partial charge in [0.05, 0.1) is 9.82 Å². The molecule has 0 saturated heterocycles. The molecule has 0 atom stereocenters. The van der Waals surface area contributed by atoms with Crippen LogP contribution in [0.2, 0.25) is 0 Å². The normalized spacial score (nSPS) is 10.8. The molecule has 0 saturated carbocycles. The summed E-state index contributed by atoms with van der Waals surface area (Å²) in [6.07, 6.45) is -1.57. The van der Waals surface area contributed by atoms with E-state index in [-0.39, 0.29) is 10.6 Å². The second-order valence-electron chi connectivity index (χ2n) is 2.79. The van der Waals surface area contributed by atoms with E-state index in [0.717, 1.165) is 24.3 Å². The first-order valence-corrected chi connectivity index (χ1v) is 5.56. The molecule has 0 aromatic heterocycles. The highest BCUT2D eigenvalue weighted by molar-refractivity contribution is 7.89. The number of hydrazine groups is 1. The van der Waals surface area contributed by atoms with Gasteiger partial charge in [-0.1, -0.05) is 0 Å². The first-order chi connectivity index (χ1) is 7.83. The quantitative estimate of drug-likeness (QED) is 0.517. The third-order valence-corrected chi connectivity index (χ3v) is 2.91. The smallest absolute Gasteiger partial charge is 0.420 e. The minimum atomic E-state index is -4.06. The fourth-order valence-corrected chi connectivity index (χ4v) is 1.75. The number of hydrogen-bond donors (Lipinski definition) is 3. The molecule has 0 radical (unpaired) electrons. The van der Waals surface area contributed by atoms with E-state index in [1.165, 1.54) is 5.43 Å². The second-order valence-corrected chi connectivity index (χ2v) is 4.47. The highest BCUT2D eigenvalue weighted by Gasteiger charge is 2.16. The Morgan fingerprint density at radius 3 is 2.24 bits per heavy atom. The minimum absolute atomic E-state index is 0.268. The molecule has 0 unspecified atom stereocenters. The van der Waals surface area contributed by atoms with Crippen molar-refractivity contribution >= 4 is 21.8 Å². The van der Waals surface area contributed by atoms with Crippen molar-refractivity contribution in [2.24, 2.45) is 0 Å². The molecule has 0 aliphatic rings. The molecule has 0 aliphatic heterocycles. The molecule has 0 bridgehead atoms. The number of carboxylic acid groups (broad SMARTS) is 1. The molecule has 3 N–H and O–H groups in total. The predicted molar refractivity (Wildman–Crippen MR) is 54.6 cm³/mol. The fourth-order valence-electron chi connectivity index (χ4n) is 0.917. The van der Waals surface area contributed by atoms with E-state index in [2.05, 4.69) is 0 Å². The van der Waals surface area contributed by atoms with E-state index >= 15 is 0 Å². The van der Waals surface area contributed by atoms with Crippen LogP contribution in [-0.2, 0) is 10.0 Å². The Morgan fingerprint density at radius 2 is 1.82 bits per heavy atom. The van der Waals surface area contributed by atoms with E-state index in [4.69, 9.17) is 5.11 Å². The van der Waals surface area contributed by atoms with E-state index in [9.17, 15) is 23.3 Å². The number of nitro benzene ring substituents is 1. The average Bonchev–Trinajstić information content (AvgIpc) is 2.27. The first-order valence-electron chi connectivity index (χ1n) is 4.08. The number of sulfonamides is 1. The van der Waals surface area contributed by atoms with E-state index < -0.39 is 21.0 Å². The standard InChI is InChI=1S/C7H7N3O6S/c11-7(12)8-9-17(15,16)6-3-1-5(2-4-6)10(13)14/h1-4,8-9H,(H,11,12). The number of nitro groups is 1. The Labute approximate surface area is 95.2 Å². The first kappa shape index (κ1) is 12.9. The van der Waals surface area contributed by atoms with Gasteiger partial charge in [-0.2, -0.15) is 0 Å². The number of benzene rings is 1. The maximum Gasteiger partial charge on any atom is 0.420 e. The zero-order valence-corrected chi connectivity index (χ0v) is 8.97. The molecule has 0 heterocycles. The van der Waals surface area contributed by atoms with Gasteiger partial charge >= 0.3 is 6.09 Å². The Balaban J connectivity index is 2.92. The largest absolute Gasteiger partial charge is 0.464 e. The van der Waals surface area contributed by atoms with Gasteiger partial charge in [0.15, 0.2) is 0 Å². The van der Waals surface area contributed by atoms with Crippen LogP contribution in [0, 0.1) is 10.1 Å². The van der Waals surface area contributed by atoms with Crippen LogP contribution in [0.15, 0.2) is 29.2 Å². The molecule has 10 heteroatoms. The number of non-ortho nitro benzene ring substituents is 1. The van der Waals surface area contributed by atoms with Gasteiger partial charge in [0, 0.05) is 12.1 Å². The summed E-state index contributed by atoms with van der Waals surface area (Å²) >= 11 is 0. The van der Waals surface area contributed by atoms with Crippen LogP contribution >= 0.6 is 0 Å². The van der Waals surface area contributed by atoms with E-state index in [1.807, 2.05) is 0 Å². The molecule has 1 rings (SSSR count). The van der Waals surface area contributed by atoms with Crippen LogP contribution in [0.5, 0.6) is 0 Å². The molecule has 0 fully saturated rings. The van der Waals surface area contributed by atoms with E-state index in [0.29, 0.717) is 0 Å². The van der Waals surface area contributed by atoms with Crippen molar-refractivity contribution in [3.63, 3.8) is 0 Å². The lowest BCUT2D eigenvalue weighted by molar-refractivity contribution is -0.384. The van der Waals surface area contributed by atoms with Crippen LogP contribution in [0.4, 0.5) is 10.5 Å². The molecule has 1 aromatic carbocycles. The highest BCUT2D eigenvalue weighted by Crippen LogP contribution is 2.15. The lowest BCUT2D eigenvalue weighted by Crippen LogP contribution is -2.40. The van der Waals surface area contributed by atoms with Gasteiger partial charge in [0.1, 0.15) is 0 Å². The lowest BCUT2D eigenvalue weighted by atomic mass is 10.3. The van der Waals surface area contributed by atoms with Crippen LogP contribution in [0.25, 0.3) is 0 Å². The van der Waals surface area contributed by atoms with Gasteiger partial charge in [0.2, 0.25) is 0 Å². The fraction of sp³-hybridized carbons (Fsp3) is 0. The molecule has 17 heavy (non-hydrogen) atoms. The van der Waals surface area contributed by atoms with Gasteiger partial charge in [-0.3, -0.25) is 10.1 Å². The number of nitrogens with zero attached hydrogens (tertiary/aromatic N) is 1. The summed E-state index contributed by atoms with van der Waals surface area (Å²) in [4.78, 5) is 21.0. The third-order valence-electron chi connectivity index (χ3n) is 1.65. The minimum Gasteiger partial charge on any atom is -0.464 e. The topological polar surface area (TPSA) is 139 Å². The van der Waals surface area contributed by atoms with Gasteiger partial charge in [-0.25, -0.2) is 18.6 Å². The maximum atomic E-state index is 11.4. The predicted octanol–water partition coefficient (Wildman–Crippen LogP) is 0.0557. The van der Waals surface area contributed by atoms with Crippen molar-refractivity contribution in [3.8, 4) is 0 Å². The third kappa shape index (κ3) is 3.39. The zero-order valence-electron chi connectivity index (χ0n) is 8.15. The molecule has 1 aromatic rings. The summed E-state index contributed by atoms with van der Waals surface area (Å²) in [6, 6.07) is 3.97. The summed E-state index contributed by atoms with van der Waals surface area (Å²) in [7, 11) is -4.06. The molecular formula is C7H7N3O6S. The Kier molecular flexibility index (Phi) is 3.60. The van der Waals surface area contributed by atoms with Crippen LogP contribution in [0.1, 0.15) is 0 Å². The summed E-state index contributed by atoms with van der Waals surface area (Å²) in [6.45, 7) is 0. The van der Waals surface area contributed by atoms with Crippen molar-refractivity contribution in [3.05, 3.63) is 34.4 Å². The summed E-state index contributed by atoms with van der Waals surface area (Å²) < 4.78 is 22.8. The van der Waals surface area contributed by atoms with Crippen molar-refractivity contribution < 1.29 is 23.2 Å². The number of rotatable bonds is 4.